The van der Waals surface area contributed by atoms with Crippen LogP contribution in [-0.4, -0.2) is 12.4 Å². The predicted molar refractivity (Wildman–Crippen MR) is 103 cm³/mol. The first-order valence-corrected chi connectivity index (χ1v) is 8.84. The zero-order chi connectivity index (χ0) is 18.0. The molecule has 0 saturated carbocycles. The van der Waals surface area contributed by atoms with E-state index in [1.165, 1.54) is 5.57 Å². The van der Waals surface area contributed by atoms with Gasteiger partial charge in [-0.05, 0) is 62.2 Å². The van der Waals surface area contributed by atoms with E-state index in [1.807, 2.05) is 57.2 Å². The van der Waals surface area contributed by atoms with E-state index in [1.54, 1.807) is 12.1 Å². The first-order chi connectivity index (χ1) is 11.9. The Morgan fingerprint density at radius 3 is 2.60 bits per heavy atom. The van der Waals surface area contributed by atoms with Crippen LogP contribution in [0.2, 0.25) is 0 Å². The smallest absolute Gasteiger partial charge is 0.232 e. The van der Waals surface area contributed by atoms with Crippen molar-refractivity contribution in [3.63, 3.8) is 0 Å². The van der Waals surface area contributed by atoms with Crippen molar-refractivity contribution in [3.8, 4) is 11.5 Å². The van der Waals surface area contributed by atoms with Gasteiger partial charge in [-0.15, -0.1) is 0 Å². The maximum atomic E-state index is 12.7. The Labute approximate surface area is 156 Å². The monoisotopic (exact) mass is 398 g/mol. The van der Waals surface area contributed by atoms with Gasteiger partial charge >= 0.3 is 0 Å². The lowest BCUT2D eigenvalue weighted by Crippen LogP contribution is -2.00. The molecule has 0 unspecified atom stereocenters. The third-order valence-electron chi connectivity index (χ3n) is 3.85. The lowest BCUT2D eigenvalue weighted by Gasteiger charge is -2.07. The number of aryl methyl sites for hydroxylation is 1. The maximum absolute atomic E-state index is 12.7. The van der Waals surface area contributed by atoms with E-state index < -0.39 is 0 Å². The molecule has 128 valence electrons. The Balaban J connectivity index is 1.86. The van der Waals surface area contributed by atoms with Crippen LogP contribution in [0.4, 0.5) is 0 Å². The molecular formula is C21H19BrO3. The van der Waals surface area contributed by atoms with Crippen LogP contribution in [0.1, 0.15) is 35.3 Å². The maximum Gasteiger partial charge on any atom is 0.232 e. The standard InChI is InChI=1S/C21H19BrO3/c1-13(2)8-9-24-17-10-14(3)20-18(12-17)25-19(21(20)23)11-15-4-6-16(22)7-5-15/h4-8,10-12H,9H2,1-3H3/b19-11-. The van der Waals surface area contributed by atoms with Gasteiger partial charge in [0, 0.05) is 10.5 Å². The van der Waals surface area contributed by atoms with Gasteiger partial charge < -0.3 is 9.47 Å². The van der Waals surface area contributed by atoms with E-state index in [9.17, 15) is 4.79 Å². The summed E-state index contributed by atoms with van der Waals surface area (Å²) in [6.45, 7) is 6.45. The summed E-state index contributed by atoms with van der Waals surface area (Å²) in [5, 5.41) is 0. The first-order valence-electron chi connectivity index (χ1n) is 8.04. The third kappa shape index (κ3) is 4.02. The molecule has 0 radical (unpaired) electrons. The summed E-state index contributed by atoms with van der Waals surface area (Å²) < 4.78 is 12.5. The molecule has 3 nitrogen and oxygen atoms in total. The number of carbonyl (C=O) groups is 1. The molecule has 4 heteroatoms. The van der Waals surface area contributed by atoms with Crippen LogP contribution in [0.25, 0.3) is 6.08 Å². The zero-order valence-electron chi connectivity index (χ0n) is 14.4. The molecule has 1 aliphatic rings. The molecule has 0 saturated heterocycles. The number of hydrogen-bond donors (Lipinski definition) is 0. The fourth-order valence-corrected chi connectivity index (χ4v) is 2.84. The average Bonchev–Trinajstić information content (AvgIpc) is 2.85. The first kappa shape index (κ1) is 17.5. The van der Waals surface area contributed by atoms with Gasteiger partial charge in [0.25, 0.3) is 0 Å². The number of ether oxygens (including phenoxy) is 2. The molecule has 0 fully saturated rings. The van der Waals surface area contributed by atoms with Crippen molar-refractivity contribution in [2.75, 3.05) is 6.61 Å². The minimum absolute atomic E-state index is 0.0914. The van der Waals surface area contributed by atoms with Crippen LogP contribution in [-0.2, 0) is 0 Å². The van der Waals surface area contributed by atoms with Crippen LogP contribution in [0.15, 0.2) is 58.3 Å². The van der Waals surface area contributed by atoms with Crippen molar-refractivity contribution in [1.29, 1.82) is 0 Å². The van der Waals surface area contributed by atoms with Crippen molar-refractivity contribution < 1.29 is 14.3 Å². The molecule has 0 bridgehead atoms. The fraction of sp³-hybridized carbons (Fsp3) is 0.190. The Morgan fingerprint density at radius 2 is 1.92 bits per heavy atom. The molecule has 1 aliphatic heterocycles. The topological polar surface area (TPSA) is 35.5 Å². The van der Waals surface area contributed by atoms with E-state index in [4.69, 9.17) is 9.47 Å². The summed E-state index contributed by atoms with van der Waals surface area (Å²) in [5.74, 6) is 1.50. The molecule has 0 amide bonds. The van der Waals surface area contributed by atoms with Gasteiger partial charge in [0.1, 0.15) is 18.1 Å². The van der Waals surface area contributed by atoms with Crippen LogP contribution < -0.4 is 9.47 Å². The number of benzene rings is 2. The van der Waals surface area contributed by atoms with E-state index in [0.717, 1.165) is 15.6 Å². The number of ketones is 1. The molecule has 0 aromatic heterocycles. The van der Waals surface area contributed by atoms with Gasteiger partial charge in [0.15, 0.2) is 5.76 Å². The molecule has 3 rings (SSSR count). The normalized spacial score (nSPS) is 14.2. The summed E-state index contributed by atoms with van der Waals surface area (Å²) >= 11 is 3.40. The van der Waals surface area contributed by atoms with Crippen LogP contribution in [0, 0.1) is 6.92 Å². The highest BCUT2D eigenvalue weighted by molar-refractivity contribution is 9.10. The second-order valence-corrected chi connectivity index (χ2v) is 7.11. The molecule has 0 spiro atoms. The van der Waals surface area contributed by atoms with Crippen molar-refractivity contribution in [1.82, 2.24) is 0 Å². The van der Waals surface area contributed by atoms with Gasteiger partial charge in [-0.3, -0.25) is 4.79 Å². The Bertz CT molecular complexity index is 873. The summed E-state index contributed by atoms with van der Waals surface area (Å²) in [5.41, 5.74) is 3.58. The van der Waals surface area contributed by atoms with Gasteiger partial charge in [-0.1, -0.05) is 33.6 Å². The SMILES string of the molecule is CC(C)=CCOc1cc(C)c2c(c1)O/C(=C\c1ccc(Br)cc1)C2=O. The Morgan fingerprint density at radius 1 is 1.20 bits per heavy atom. The number of hydrogen-bond acceptors (Lipinski definition) is 3. The largest absolute Gasteiger partial charge is 0.489 e. The predicted octanol–water partition coefficient (Wildman–Crippen LogP) is 5.72. The average molecular weight is 399 g/mol. The molecule has 25 heavy (non-hydrogen) atoms. The lowest BCUT2D eigenvalue weighted by molar-refractivity contribution is 0.101. The molecule has 0 aliphatic carbocycles. The molecule has 0 atom stereocenters. The van der Waals surface area contributed by atoms with E-state index in [-0.39, 0.29) is 5.78 Å². The second-order valence-electron chi connectivity index (χ2n) is 6.20. The summed E-state index contributed by atoms with van der Waals surface area (Å²) in [7, 11) is 0. The molecule has 1 heterocycles. The highest BCUT2D eigenvalue weighted by atomic mass is 79.9. The number of Topliss-reactive ketones (excluding diaryl/α,β-unsaturated/α-hetero) is 1. The molecule has 2 aromatic rings. The van der Waals surface area contributed by atoms with Crippen molar-refractivity contribution in [3.05, 3.63) is 75.0 Å². The van der Waals surface area contributed by atoms with Crippen LogP contribution in [0.5, 0.6) is 11.5 Å². The van der Waals surface area contributed by atoms with E-state index >= 15 is 0 Å². The lowest BCUT2D eigenvalue weighted by atomic mass is 10.0. The van der Waals surface area contributed by atoms with Crippen molar-refractivity contribution in [2.45, 2.75) is 20.8 Å². The fourth-order valence-electron chi connectivity index (χ4n) is 2.58. The van der Waals surface area contributed by atoms with Crippen LogP contribution >= 0.6 is 15.9 Å². The zero-order valence-corrected chi connectivity index (χ0v) is 16.0. The second kappa shape index (κ2) is 7.28. The molecule has 0 N–H and O–H groups in total. The van der Waals surface area contributed by atoms with Gasteiger partial charge in [0.2, 0.25) is 5.78 Å². The Kier molecular flexibility index (Phi) is 5.09. The van der Waals surface area contributed by atoms with Crippen LogP contribution in [0.3, 0.4) is 0 Å². The van der Waals surface area contributed by atoms with Crippen molar-refractivity contribution in [2.24, 2.45) is 0 Å². The minimum atomic E-state index is -0.0914. The molecule has 2 aromatic carbocycles. The highest BCUT2D eigenvalue weighted by Gasteiger charge is 2.29. The number of fused-ring (bicyclic) bond motifs is 1. The number of halogens is 1. The summed E-state index contributed by atoms with van der Waals surface area (Å²) in [4.78, 5) is 12.7. The minimum Gasteiger partial charge on any atom is -0.489 e. The quantitative estimate of drug-likeness (QED) is 0.487. The summed E-state index contributed by atoms with van der Waals surface area (Å²) in [6.07, 6.45) is 3.77. The van der Waals surface area contributed by atoms with Gasteiger partial charge in [-0.25, -0.2) is 0 Å². The highest BCUT2D eigenvalue weighted by Crippen LogP contribution is 2.37. The van der Waals surface area contributed by atoms with Gasteiger partial charge in [0.05, 0.1) is 5.56 Å². The summed E-state index contributed by atoms with van der Waals surface area (Å²) in [6, 6.07) is 11.4. The number of rotatable bonds is 4. The number of carbonyl (C=O) groups excluding carboxylic acids is 1. The number of allylic oxidation sites excluding steroid dienone is 2. The third-order valence-corrected chi connectivity index (χ3v) is 4.38. The Hall–Kier alpha value is -2.33. The van der Waals surface area contributed by atoms with Crippen molar-refractivity contribution >= 4 is 27.8 Å². The van der Waals surface area contributed by atoms with Gasteiger partial charge in [-0.2, -0.15) is 0 Å². The molecular weight excluding hydrogens is 380 g/mol. The van der Waals surface area contributed by atoms with E-state index in [2.05, 4.69) is 15.9 Å². The van der Waals surface area contributed by atoms with E-state index in [0.29, 0.717) is 29.4 Å².